The predicted octanol–water partition coefficient (Wildman–Crippen LogP) is 2.20. The molecule has 0 saturated carbocycles. The molecule has 2 rings (SSSR count). The highest BCUT2D eigenvalue weighted by molar-refractivity contribution is 7.91. The van der Waals surface area contributed by atoms with Gasteiger partial charge in [0.2, 0.25) is 0 Å². The zero-order chi connectivity index (χ0) is 20.2. The molecule has 27 heavy (non-hydrogen) atoms. The molecular formula is C19H30N2O5S. The first kappa shape index (κ1) is 21.3. The summed E-state index contributed by atoms with van der Waals surface area (Å²) in [7, 11) is 0.145. The zero-order valence-corrected chi connectivity index (χ0v) is 17.6. The minimum Gasteiger partial charge on any atom is -0.493 e. The number of carbonyl (C=O) groups is 1. The second-order valence-corrected chi connectivity index (χ2v) is 9.68. The Kier molecular flexibility index (Phi) is 6.62. The lowest BCUT2D eigenvalue weighted by molar-refractivity contribution is 0.181. The summed E-state index contributed by atoms with van der Waals surface area (Å²) in [4.78, 5) is 14.3. The Morgan fingerprint density at radius 1 is 1.26 bits per heavy atom. The Hall–Kier alpha value is -1.96. The van der Waals surface area contributed by atoms with Crippen LogP contribution in [-0.2, 0) is 15.3 Å². The summed E-state index contributed by atoms with van der Waals surface area (Å²) in [5.41, 5.74) is 0.669. The van der Waals surface area contributed by atoms with Crippen LogP contribution in [0.5, 0.6) is 11.5 Å². The summed E-state index contributed by atoms with van der Waals surface area (Å²) in [6.45, 7) is 6.82. The Labute approximate surface area is 161 Å². The van der Waals surface area contributed by atoms with Crippen molar-refractivity contribution < 1.29 is 22.7 Å². The first-order valence-electron chi connectivity index (χ1n) is 9.11. The first-order chi connectivity index (χ1) is 12.6. The minimum absolute atomic E-state index is 0.0489. The van der Waals surface area contributed by atoms with Gasteiger partial charge in [-0.3, -0.25) is 0 Å². The van der Waals surface area contributed by atoms with Gasteiger partial charge in [0.05, 0.1) is 25.7 Å². The van der Waals surface area contributed by atoms with Gasteiger partial charge in [0.25, 0.3) is 0 Å². The molecule has 1 unspecified atom stereocenters. The summed E-state index contributed by atoms with van der Waals surface area (Å²) >= 11 is 0. The Morgan fingerprint density at radius 2 is 1.93 bits per heavy atom. The molecule has 2 amide bonds. The largest absolute Gasteiger partial charge is 0.493 e. The molecule has 1 saturated heterocycles. The monoisotopic (exact) mass is 398 g/mol. The van der Waals surface area contributed by atoms with E-state index in [4.69, 9.17) is 9.47 Å². The molecule has 0 aromatic heterocycles. The van der Waals surface area contributed by atoms with Gasteiger partial charge in [-0.15, -0.1) is 0 Å². The average Bonchev–Trinajstić information content (AvgIpc) is 2.99. The molecule has 1 heterocycles. The zero-order valence-electron chi connectivity index (χ0n) is 16.7. The molecule has 7 nitrogen and oxygen atoms in total. The summed E-state index contributed by atoms with van der Waals surface area (Å²) in [6, 6.07) is 5.23. The second kappa shape index (κ2) is 8.37. The van der Waals surface area contributed by atoms with Gasteiger partial charge in [0, 0.05) is 24.5 Å². The van der Waals surface area contributed by atoms with Gasteiger partial charge in [-0.25, -0.2) is 13.2 Å². The summed E-state index contributed by atoms with van der Waals surface area (Å²) in [5.74, 6) is 1.49. The van der Waals surface area contributed by atoms with E-state index in [-0.39, 0.29) is 29.0 Å². The molecule has 1 atom stereocenters. The maximum atomic E-state index is 12.6. The molecule has 1 aromatic carbocycles. The molecule has 1 aliphatic heterocycles. The quantitative estimate of drug-likeness (QED) is 0.761. The Balaban J connectivity index is 2.06. The molecular weight excluding hydrogens is 368 g/mol. The molecule has 0 radical (unpaired) electrons. The fourth-order valence-corrected chi connectivity index (χ4v) is 5.08. The fraction of sp³-hybridized carbons (Fsp3) is 0.632. The van der Waals surface area contributed by atoms with E-state index in [1.165, 1.54) is 0 Å². The lowest BCUT2D eigenvalue weighted by Gasteiger charge is -2.31. The number of benzene rings is 1. The average molecular weight is 399 g/mol. The molecule has 1 N–H and O–H groups in total. The van der Waals surface area contributed by atoms with E-state index in [1.807, 2.05) is 39.0 Å². The third-order valence-electron chi connectivity index (χ3n) is 5.10. The van der Waals surface area contributed by atoms with E-state index >= 15 is 0 Å². The van der Waals surface area contributed by atoms with Gasteiger partial charge in [0.15, 0.2) is 21.3 Å². The number of nitrogens with one attached hydrogen (secondary N) is 1. The van der Waals surface area contributed by atoms with Crippen molar-refractivity contribution in [3.05, 3.63) is 23.8 Å². The highest BCUT2D eigenvalue weighted by Gasteiger charge is 2.34. The first-order valence-corrected chi connectivity index (χ1v) is 10.9. The standard InChI is InChI=1S/C19H30N2O5S/c1-6-21(15-9-10-27(23,24)12-15)18(22)20-13-19(2,3)14-7-8-16(25-4)17(11-14)26-5/h7-8,11,15H,6,9-10,12-13H2,1-5H3,(H,20,22). The number of ether oxygens (including phenoxy) is 2. The second-order valence-electron chi connectivity index (χ2n) is 7.46. The molecule has 8 heteroatoms. The van der Waals surface area contributed by atoms with Gasteiger partial charge in [0.1, 0.15) is 0 Å². The molecule has 152 valence electrons. The highest BCUT2D eigenvalue weighted by atomic mass is 32.2. The minimum atomic E-state index is -3.03. The SMILES string of the molecule is CCN(C(=O)NCC(C)(C)c1ccc(OC)c(OC)c1)C1CCS(=O)(=O)C1. The molecule has 0 aliphatic carbocycles. The topological polar surface area (TPSA) is 84.9 Å². The normalized spacial score (nSPS) is 18.8. The van der Waals surface area contributed by atoms with Crippen molar-refractivity contribution in [3.8, 4) is 11.5 Å². The fourth-order valence-electron chi connectivity index (χ4n) is 3.35. The molecule has 0 spiro atoms. The van der Waals surface area contributed by atoms with Crippen LogP contribution in [0.25, 0.3) is 0 Å². The van der Waals surface area contributed by atoms with E-state index in [9.17, 15) is 13.2 Å². The number of carbonyl (C=O) groups excluding carboxylic acids is 1. The van der Waals surface area contributed by atoms with Crippen LogP contribution in [-0.4, -0.2) is 64.2 Å². The van der Waals surface area contributed by atoms with Gasteiger partial charge in [-0.2, -0.15) is 0 Å². The van der Waals surface area contributed by atoms with Crippen LogP contribution >= 0.6 is 0 Å². The Bertz CT molecular complexity index is 776. The highest BCUT2D eigenvalue weighted by Crippen LogP contribution is 2.33. The van der Waals surface area contributed by atoms with Gasteiger partial charge < -0.3 is 19.7 Å². The lowest BCUT2D eigenvalue weighted by Crippen LogP contribution is -2.49. The molecule has 0 bridgehead atoms. The maximum Gasteiger partial charge on any atom is 0.317 e. The van der Waals surface area contributed by atoms with Crippen molar-refractivity contribution in [1.82, 2.24) is 10.2 Å². The van der Waals surface area contributed by atoms with Crippen LogP contribution in [0.1, 0.15) is 32.8 Å². The van der Waals surface area contributed by atoms with Crippen molar-refractivity contribution in [2.75, 3.05) is 38.8 Å². The van der Waals surface area contributed by atoms with Crippen LogP contribution in [0.2, 0.25) is 0 Å². The van der Waals surface area contributed by atoms with Gasteiger partial charge >= 0.3 is 6.03 Å². The van der Waals surface area contributed by atoms with E-state index in [0.29, 0.717) is 31.0 Å². The van der Waals surface area contributed by atoms with E-state index in [2.05, 4.69) is 5.32 Å². The number of urea groups is 1. The van der Waals surface area contributed by atoms with Gasteiger partial charge in [-0.05, 0) is 31.0 Å². The number of hydrogen-bond acceptors (Lipinski definition) is 5. The summed E-state index contributed by atoms with van der Waals surface area (Å²) in [6.07, 6.45) is 0.503. The summed E-state index contributed by atoms with van der Waals surface area (Å²) < 4.78 is 34.1. The summed E-state index contributed by atoms with van der Waals surface area (Å²) in [5, 5.41) is 2.96. The van der Waals surface area contributed by atoms with Crippen LogP contribution in [0.15, 0.2) is 18.2 Å². The van der Waals surface area contributed by atoms with Crippen LogP contribution in [0.4, 0.5) is 4.79 Å². The van der Waals surface area contributed by atoms with E-state index in [0.717, 1.165) is 5.56 Å². The van der Waals surface area contributed by atoms with Crippen molar-refractivity contribution in [2.45, 2.75) is 38.6 Å². The van der Waals surface area contributed by atoms with E-state index in [1.54, 1.807) is 19.1 Å². The third kappa shape index (κ3) is 5.06. The third-order valence-corrected chi connectivity index (χ3v) is 6.85. The van der Waals surface area contributed by atoms with Crippen molar-refractivity contribution in [1.29, 1.82) is 0 Å². The molecule has 1 aliphatic rings. The number of rotatable bonds is 7. The van der Waals surface area contributed by atoms with Crippen LogP contribution in [0.3, 0.4) is 0 Å². The van der Waals surface area contributed by atoms with Crippen molar-refractivity contribution in [2.24, 2.45) is 0 Å². The van der Waals surface area contributed by atoms with Crippen molar-refractivity contribution in [3.63, 3.8) is 0 Å². The van der Waals surface area contributed by atoms with Crippen molar-refractivity contribution >= 4 is 15.9 Å². The van der Waals surface area contributed by atoms with Crippen LogP contribution < -0.4 is 14.8 Å². The van der Waals surface area contributed by atoms with Gasteiger partial charge in [-0.1, -0.05) is 19.9 Å². The smallest absolute Gasteiger partial charge is 0.317 e. The Morgan fingerprint density at radius 3 is 2.44 bits per heavy atom. The van der Waals surface area contributed by atoms with Crippen LogP contribution in [0, 0.1) is 0 Å². The number of amides is 2. The number of nitrogens with zero attached hydrogens (tertiary/aromatic N) is 1. The molecule has 1 fully saturated rings. The van der Waals surface area contributed by atoms with E-state index < -0.39 is 9.84 Å². The number of methoxy groups -OCH3 is 2. The lowest BCUT2D eigenvalue weighted by atomic mass is 9.84. The maximum absolute atomic E-state index is 12.6. The number of hydrogen-bond donors (Lipinski definition) is 1. The predicted molar refractivity (Wildman–Crippen MR) is 105 cm³/mol. The number of sulfone groups is 1. The molecule has 1 aromatic rings.